The first-order valence-corrected chi connectivity index (χ1v) is 7.53. The van der Waals surface area contributed by atoms with Crippen molar-refractivity contribution in [2.75, 3.05) is 28.3 Å². The standard InChI is InChI=1S/C14H13N3OS/c18-14-12-8-19-6-5-17(12)13-9-3-1-2-4-10(9)15-7-11(13)16-14/h1-4,7,12H,5-6,8H2,(H,16,18). The molecule has 1 aromatic carbocycles. The van der Waals surface area contributed by atoms with Crippen LogP contribution in [0.2, 0.25) is 0 Å². The summed E-state index contributed by atoms with van der Waals surface area (Å²) in [5, 5.41) is 4.12. The highest BCUT2D eigenvalue weighted by Crippen LogP contribution is 2.39. The molecule has 2 aromatic rings. The van der Waals surface area contributed by atoms with E-state index in [1.807, 2.05) is 30.0 Å². The third kappa shape index (κ3) is 1.61. The molecule has 0 aliphatic carbocycles. The number of anilines is 2. The number of pyridine rings is 1. The van der Waals surface area contributed by atoms with E-state index in [-0.39, 0.29) is 11.9 Å². The number of para-hydroxylation sites is 1. The summed E-state index contributed by atoms with van der Waals surface area (Å²) >= 11 is 1.85. The molecule has 1 amide bonds. The normalized spacial score (nSPS) is 21.8. The van der Waals surface area contributed by atoms with Crippen LogP contribution in [0.5, 0.6) is 0 Å². The number of carbonyl (C=O) groups excluding carboxylic acids is 1. The van der Waals surface area contributed by atoms with Gasteiger partial charge in [-0.05, 0) is 6.07 Å². The van der Waals surface area contributed by atoms with E-state index < -0.39 is 0 Å². The van der Waals surface area contributed by atoms with Crippen molar-refractivity contribution in [3.05, 3.63) is 30.5 Å². The number of hydrogen-bond donors (Lipinski definition) is 1. The molecular formula is C14H13N3OS. The Hall–Kier alpha value is -1.75. The highest BCUT2D eigenvalue weighted by molar-refractivity contribution is 7.99. The third-order valence-corrected chi connectivity index (χ3v) is 4.75. The summed E-state index contributed by atoms with van der Waals surface area (Å²) in [6.07, 6.45) is 1.77. The van der Waals surface area contributed by atoms with E-state index in [0.29, 0.717) is 0 Å². The van der Waals surface area contributed by atoms with Gasteiger partial charge in [0, 0.05) is 23.4 Å². The van der Waals surface area contributed by atoms with E-state index in [9.17, 15) is 4.79 Å². The Morgan fingerprint density at radius 1 is 1.37 bits per heavy atom. The Labute approximate surface area is 115 Å². The fourth-order valence-electron chi connectivity index (χ4n) is 2.83. The average molecular weight is 271 g/mol. The van der Waals surface area contributed by atoms with E-state index in [0.717, 1.165) is 40.3 Å². The molecule has 2 aliphatic rings. The molecule has 0 radical (unpaired) electrons. The average Bonchev–Trinajstić information content (AvgIpc) is 2.47. The van der Waals surface area contributed by atoms with Crippen molar-refractivity contribution in [3.8, 4) is 0 Å². The van der Waals surface area contributed by atoms with Crippen LogP contribution in [0.1, 0.15) is 0 Å². The monoisotopic (exact) mass is 271 g/mol. The Balaban J connectivity index is 1.98. The number of benzene rings is 1. The second-order valence-electron chi connectivity index (χ2n) is 4.81. The lowest BCUT2D eigenvalue weighted by atomic mass is 10.1. The Bertz CT molecular complexity index is 673. The van der Waals surface area contributed by atoms with Crippen molar-refractivity contribution in [1.82, 2.24) is 4.98 Å². The molecule has 1 aromatic heterocycles. The minimum Gasteiger partial charge on any atom is -0.356 e. The molecule has 96 valence electrons. The molecule has 0 bridgehead atoms. The van der Waals surface area contributed by atoms with E-state index in [1.54, 1.807) is 6.20 Å². The molecule has 1 unspecified atom stereocenters. The van der Waals surface area contributed by atoms with Gasteiger partial charge in [-0.2, -0.15) is 11.8 Å². The maximum Gasteiger partial charge on any atom is 0.248 e. The van der Waals surface area contributed by atoms with Crippen LogP contribution in [-0.2, 0) is 4.79 Å². The first-order valence-electron chi connectivity index (χ1n) is 6.37. The minimum atomic E-state index is -0.0444. The van der Waals surface area contributed by atoms with E-state index in [1.165, 1.54) is 0 Å². The predicted octanol–water partition coefficient (Wildman–Crippen LogP) is 2.11. The fourth-order valence-corrected chi connectivity index (χ4v) is 3.88. The van der Waals surface area contributed by atoms with Gasteiger partial charge in [0.05, 0.1) is 23.1 Å². The number of hydrogen-bond acceptors (Lipinski definition) is 4. The molecule has 1 fully saturated rings. The minimum absolute atomic E-state index is 0.0444. The van der Waals surface area contributed by atoms with Crippen LogP contribution >= 0.6 is 11.8 Å². The van der Waals surface area contributed by atoms with E-state index in [4.69, 9.17) is 0 Å². The Morgan fingerprint density at radius 2 is 2.26 bits per heavy atom. The van der Waals surface area contributed by atoms with E-state index >= 15 is 0 Å². The van der Waals surface area contributed by atoms with Crippen LogP contribution in [0.4, 0.5) is 11.4 Å². The fraction of sp³-hybridized carbons (Fsp3) is 0.286. The largest absolute Gasteiger partial charge is 0.356 e. The number of aromatic nitrogens is 1. The van der Waals surface area contributed by atoms with Crippen LogP contribution in [0.3, 0.4) is 0 Å². The molecule has 19 heavy (non-hydrogen) atoms. The first-order chi connectivity index (χ1) is 9.34. The van der Waals surface area contributed by atoms with Crippen LogP contribution in [-0.4, -0.2) is 35.0 Å². The predicted molar refractivity (Wildman–Crippen MR) is 78.8 cm³/mol. The van der Waals surface area contributed by atoms with Gasteiger partial charge in [0.1, 0.15) is 6.04 Å². The zero-order valence-corrected chi connectivity index (χ0v) is 11.1. The lowest BCUT2D eigenvalue weighted by Gasteiger charge is -2.41. The van der Waals surface area contributed by atoms with Gasteiger partial charge in [-0.3, -0.25) is 9.78 Å². The number of rotatable bonds is 0. The van der Waals surface area contributed by atoms with Crippen LogP contribution in [0.25, 0.3) is 10.9 Å². The first kappa shape index (κ1) is 11.1. The van der Waals surface area contributed by atoms with Gasteiger partial charge in [-0.1, -0.05) is 18.2 Å². The van der Waals surface area contributed by atoms with Crippen molar-refractivity contribution in [1.29, 1.82) is 0 Å². The smallest absolute Gasteiger partial charge is 0.248 e. The van der Waals surface area contributed by atoms with Crippen molar-refractivity contribution >= 4 is 39.9 Å². The van der Waals surface area contributed by atoms with Gasteiger partial charge in [0.15, 0.2) is 0 Å². The molecule has 1 saturated heterocycles. The third-order valence-electron chi connectivity index (χ3n) is 3.72. The SMILES string of the molecule is O=C1Nc2cnc3ccccc3c2N2CCSCC12. The number of nitrogens with zero attached hydrogens (tertiary/aromatic N) is 2. The van der Waals surface area contributed by atoms with Crippen LogP contribution in [0.15, 0.2) is 30.5 Å². The molecule has 1 atom stereocenters. The number of carbonyl (C=O) groups is 1. The molecular weight excluding hydrogens is 258 g/mol. The van der Waals surface area contributed by atoms with Gasteiger partial charge in [-0.25, -0.2) is 0 Å². The second-order valence-corrected chi connectivity index (χ2v) is 5.96. The van der Waals surface area contributed by atoms with Crippen LogP contribution in [0, 0.1) is 0 Å². The molecule has 4 rings (SSSR count). The molecule has 2 aliphatic heterocycles. The summed E-state index contributed by atoms with van der Waals surface area (Å²) in [7, 11) is 0. The van der Waals surface area contributed by atoms with Gasteiger partial charge in [-0.15, -0.1) is 0 Å². The van der Waals surface area contributed by atoms with E-state index in [2.05, 4.69) is 21.3 Å². The Kier molecular flexibility index (Phi) is 2.41. The van der Waals surface area contributed by atoms with Crippen molar-refractivity contribution in [2.45, 2.75) is 6.04 Å². The summed E-state index contributed by atoms with van der Waals surface area (Å²) in [5.41, 5.74) is 2.96. The molecule has 1 N–H and O–H groups in total. The molecule has 0 saturated carbocycles. The number of amides is 1. The highest BCUT2D eigenvalue weighted by atomic mass is 32.2. The lowest BCUT2D eigenvalue weighted by Crippen LogP contribution is -2.52. The zero-order valence-electron chi connectivity index (χ0n) is 10.3. The number of fused-ring (bicyclic) bond motifs is 5. The zero-order chi connectivity index (χ0) is 12.8. The molecule has 0 spiro atoms. The topological polar surface area (TPSA) is 45.2 Å². The number of thioether (sulfide) groups is 1. The maximum atomic E-state index is 12.1. The van der Waals surface area contributed by atoms with Crippen molar-refractivity contribution in [3.63, 3.8) is 0 Å². The Morgan fingerprint density at radius 3 is 3.21 bits per heavy atom. The maximum absolute atomic E-state index is 12.1. The van der Waals surface area contributed by atoms with Crippen molar-refractivity contribution < 1.29 is 4.79 Å². The molecule has 3 heterocycles. The van der Waals surface area contributed by atoms with Gasteiger partial charge < -0.3 is 10.2 Å². The van der Waals surface area contributed by atoms with Gasteiger partial charge in [0.25, 0.3) is 0 Å². The lowest BCUT2D eigenvalue weighted by molar-refractivity contribution is -0.117. The quantitative estimate of drug-likeness (QED) is 0.797. The second kappa shape index (κ2) is 4.13. The van der Waals surface area contributed by atoms with Crippen LogP contribution < -0.4 is 10.2 Å². The summed E-state index contributed by atoms with van der Waals surface area (Å²) in [6.45, 7) is 0.920. The summed E-state index contributed by atoms with van der Waals surface area (Å²) < 4.78 is 0. The van der Waals surface area contributed by atoms with Gasteiger partial charge >= 0.3 is 0 Å². The molecule has 5 heteroatoms. The highest BCUT2D eigenvalue weighted by Gasteiger charge is 2.36. The molecule has 4 nitrogen and oxygen atoms in total. The number of nitrogens with one attached hydrogen (secondary N) is 1. The summed E-state index contributed by atoms with van der Waals surface area (Å²) in [4.78, 5) is 18.8. The summed E-state index contributed by atoms with van der Waals surface area (Å²) in [6, 6.07) is 8.07. The summed E-state index contributed by atoms with van der Waals surface area (Å²) in [5.74, 6) is 2.03. The van der Waals surface area contributed by atoms with Crippen molar-refractivity contribution in [2.24, 2.45) is 0 Å². The van der Waals surface area contributed by atoms with Gasteiger partial charge in [0.2, 0.25) is 5.91 Å².